The SMILES string of the molecule is CCCCCCCCCCCc1ncc(C(CC)c2nc(N)nc(N)n2)[nH]1. The van der Waals surface area contributed by atoms with Crippen molar-refractivity contribution in [3.05, 3.63) is 23.5 Å². The van der Waals surface area contributed by atoms with Gasteiger partial charge in [0.05, 0.1) is 5.92 Å². The number of hydrogen-bond donors (Lipinski definition) is 3. The van der Waals surface area contributed by atoms with Crippen LogP contribution < -0.4 is 11.5 Å². The van der Waals surface area contributed by atoms with Crippen LogP contribution in [-0.2, 0) is 6.42 Å². The number of nitrogens with zero attached hydrogens (tertiary/aromatic N) is 4. The third kappa shape index (κ3) is 7.15. The van der Waals surface area contributed by atoms with E-state index in [0.717, 1.165) is 24.4 Å². The molecule has 2 rings (SSSR count). The zero-order valence-corrected chi connectivity index (χ0v) is 16.9. The second-order valence-corrected chi connectivity index (χ2v) is 7.23. The Bertz CT molecular complexity index is 648. The maximum atomic E-state index is 5.71. The van der Waals surface area contributed by atoms with E-state index in [1.165, 1.54) is 57.8 Å². The van der Waals surface area contributed by atoms with E-state index in [0.29, 0.717) is 5.82 Å². The summed E-state index contributed by atoms with van der Waals surface area (Å²) in [5, 5.41) is 0. The Morgan fingerprint density at radius 3 is 2.04 bits per heavy atom. The Morgan fingerprint density at radius 2 is 1.44 bits per heavy atom. The predicted octanol–water partition coefficient (Wildman–Crippen LogP) is 4.37. The van der Waals surface area contributed by atoms with Crippen molar-refractivity contribution in [1.29, 1.82) is 0 Å². The highest BCUT2D eigenvalue weighted by Crippen LogP contribution is 2.24. The second kappa shape index (κ2) is 11.5. The summed E-state index contributed by atoms with van der Waals surface area (Å²) in [6.45, 7) is 4.35. The molecule has 2 aromatic rings. The van der Waals surface area contributed by atoms with Gasteiger partial charge in [0.15, 0.2) is 0 Å². The van der Waals surface area contributed by atoms with Gasteiger partial charge in [-0.05, 0) is 12.8 Å². The number of unbranched alkanes of at least 4 members (excludes halogenated alkanes) is 8. The summed E-state index contributed by atoms with van der Waals surface area (Å²) in [6, 6.07) is 0. The second-order valence-electron chi connectivity index (χ2n) is 7.23. The van der Waals surface area contributed by atoms with Gasteiger partial charge in [-0.1, -0.05) is 65.2 Å². The van der Waals surface area contributed by atoms with Crippen LogP contribution in [0.1, 0.15) is 101 Å². The molecule has 27 heavy (non-hydrogen) atoms. The van der Waals surface area contributed by atoms with Gasteiger partial charge < -0.3 is 16.5 Å². The number of H-pyrrole nitrogens is 1. The topological polar surface area (TPSA) is 119 Å². The van der Waals surface area contributed by atoms with E-state index in [2.05, 4.69) is 38.8 Å². The lowest BCUT2D eigenvalue weighted by Gasteiger charge is -2.12. The molecule has 7 nitrogen and oxygen atoms in total. The lowest BCUT2D eigenvalue weighted by atomic mass is 10.0. The maximum absolute atomic E-state index is 5.71. The molecular weight excluding hydrogens is 338 g/mol. The monoisotopic (exact) mass is 373 g/mol. The van der Waals surface area contributed by atoms with E-state index in [1.54, 1.807) is 0 Å². The molecule has 5 N–H and O–H groups in total. The molecule has 0 saturated heterocycles. The zero-order valence-electron chi connectivity index (χ0n) is 16.9. The number of aromatic nitrogens is 5. The number of nitrogens with two attached hydrogens (primary N) is 2. The average molecular weight is 374 g/mol. The maximum Gasteiger partial charge on any atom is 0.225 e. The Balaban J connectivity index is 1.76. The molecule has 1 unspecified atom stereocenters. The molecule has 2 aromatic heterocycles. The summed E-state index contributed by atoms with van der Waals surface area (Å²) in [5.74, 6) is 1.94. The van der Waals surface area contributed by atoms with Crippen molar-refractivity contribution < 1.29 is 0 Å². The molecule has 0 aromatic carbocycles. The van der Waals surface area contributed by atoms with Gasteiger partial charge in [0, 0.05) is 18.3 Å². The fraction of sp³-hybridized carbons (Fsp3) is 0.700. The quantitative estimate of drug-likeness (QED) is 0.448. The van der Waals surface area contributed by atoms with E-state index in [9.17, 15) is 0 Å². The lowest BCUT2D eigenvalue weighted by molar-refractivity contribution is 0.562. The summed E-state index contributed by atoms with van der Waals surface area (Å²) >= 11 is 0. The van der Waals surface area contributed by atoms with Crippen molar-refractivity contribution in [3.8, 4) is 0 Å². The van der Waals surface area contributed by atoms with E-state index >= 15 is 0 Å². The first kappa shape index (κ1) is 21.1. The molecule has 0 spiro atoms. The van der Waals surface area contributed by atoms with Gasteiger partial charge in [0.25, 0.3) is 0 Å². The van der Waals surface area contributed by atoms with E-state index in [4.69, 9.17) is 11.5 Å². The fourth-order valence-corrected chi connectivity index (χ4v) is 3.41. The van der Waals surface area contributed by atoms with Gasteiger partial charge in [-0.25, -0.2) is 4.98 Å². The van der Waals surface area contributed by atoms with Crippen molar-refractivity contribution in [1.82, 2.24) is 24.9 Å². The summed E-state index contributed by atoms with van der Waals surface area (Å²) in [5.41, 5.74) is 12.4. The molecular formula is C20H35N7. The molecule has 1 atom stereocenters. The molecule has 0 aliphatic rings. The standard InChI is InChI=1S/C20H35N7/c1-3-5-6-7-8-9-10-11-12-13-17-23-14-16(24-17)15(4-2)18-25-19(21)27-20(22)26-18/h14-15H,3-13H2,1-2H3,(H,23,24)(H4,21,22,25,26,27). The average Bonchev–Trinajstić information content (AvgIpc) is 3.09. The number of anilines is 2. The number of imidazole rings is 1. The van der Waals surface area contributed by atoms with Gasteiger partial charge in [-0.2, -0.15) is 15.0 Å². The minimum Gasteiger partial charge on any atom is -0.368 e. The van der Waals surface area contributed by atoms with E-state index in [1.807, 2.05) is 6.20 Å². The normalized spacial score (nSPS) is 12.4. The van der Waals surface area contributed by atoms with Gasteiger partial charge in [-0.3, -0.25) is 0 Å². The summed E-state index contributed by atoms with van der Waals surface area (Å²) in [4.78, 5) is 20.3. The Labute approximate surface area is 162 Å². The van der Waals surface area contributed by atoms with Crippen molar-refractivity contribution in [2.75, 3.05) is 11.5 Å². The Kier molecular flexibility index (Phi) is 9.01. The first-order chi connectivity index (χ1) is 13.1. The first-order valence-electron chi connectivity index (χ1n) is 10.4. The summed E-state index contributed by atoms with van der Waals surface area (Å²) in [6.07, 6.45) is 15.7. The third-order valence-corrected chi connectivity index (χ3v) is 4.95. The molecule has 0 fully saturated rings. The summed E-state index contributed by atoms with van der Waals surface area (Å²) in [7, 11) is 0. The van der Waals surface area contributed by atoms with Crippen molar-refractivity contribution in [2.45, 2.75) is 90.4 Å². The molecule has 7 heteroatoms. The van der Waals surface area contributed by atoms with Crippen molar-refractivity contribution in [2.24, 2.45) is 0 Å². The van der Waals surface area contributed by atoms with Crippen LogP contribution in [0, 0.1) is 0 Å². The summed E-state index contributed by atoms with van der Waals surface area (Å²) < 4.78 is 0. The first-order valence-corrected chi connectivity index (χ1v) is 10.4. The smallest absolute Gasteiger partial charge is 0.225 e. The number of hydrogen-bond acceptors (Lipinski definition) is 6. The van der Waals surface area contributed by atoms with Crippen molar-refractivity contribution in [3.63, 3.8) is 0 Å². The van der Waals surface area contributed by atoms with Crippen LogP contribution in [0.4, 0.5) is 11.9 Å². The third-order valence-electron chi connectivity index (χ3n) is 4.95. The minimum absolute atomic E-state index is 0.00182. The molecule has 0 aliphatic carbocycles. The van der Waals surface area contributed by atoms with Crippen LogP contribution in [0.3, 0.4) is 0 Å². The van der Waals surface area contributed by atoms with Crippen LogP contribution in [0.2, 0.25) is 0 Å². The van der Waals surface area contributed by atoms with Gasteiger partial charge in [0.1, 0.15) is 11.6 Å². The zero-order chi connectivity index (χ0) is 19.5. The van der Waals surface area contributed by atoms with Gasteiger partial charge in [0.2, 0.25) is 11.9 Å². The lowest BCUT2D eigenvalue weighted by Crippen LogP contribution is -2.11. The highest BCUT2D eigenvalue weighted by atomic mass is 15.1. The Hall–Kier alpha value is -2.18. The van der Waals surface area contributed by atoms with E-state index in [-0.39, 0.29) is 17.8 Å². The molecule has 2 heterocycles. The highest BCUT2D eigenvalue weighted by molar-refractivity contribution is 5.29. The van der Waals surface area contributed by atoms with Crippen LogP contribution in [0.25, 0.3) is 0 Å². The van der Waals surface area contributed by atoms with E-state index < -0.39 is 0 Å². The van der Waals surface area contributed by atoms with Crippen LogP contribution in [0.15, 0.2) is 6.20 Å². The Morgan fingerprint density at radius 1 is 0.852 bits per heavy atom. The molecule has 0 radical (unpaired) electrons. The number of aromatic amines is 1. The van der Waals surface area contributed by atoms with Crippen LogP contribution in [-0.4, -0.2) is 24.9 Å². The number of nitrogen functional groups attached to an aromatic ring is 2. The molecule has 0 bridgehead atoms. The van der Waals surface area contributed by atoms with Gasteiger partial charge >= 0.3 is 0 Å². The molecule has 0 aliphatic heterocycles. The highest BCUT2D eigenvalue weighted by Gasteiger charge is 2.19. The largest absolute Gasteiger partial charge is 0.368 e. The molecule has 0 amide bonds. The van der Waals surface area contributed by atoms with Crippen LogP contribution >= 0.6 is 0 Å². The number of rotatable bonds is 13. The minimum atomic E-state index is 0.00182. The van der Waals surface area contributed by atoms with Crippen molar-refractivity contribution >= 4 is 11.9 Å². The van der Waals surface area contributed by atoms with Gasteiger partial charge in [-0.15, -0.1) is 0 Å². The predicted molar refractivity (Wildman–Crippen MR) is 110 cm³/mol. The fourth-order valence-electron chi connectivity index (χ4n) is 3.41. The van der Waals surface area contributed by atoms with Crippen LogP contribution in [0.5, 0.6) is 0 Å². The molecule has 150 valence electrons. The number of nitrogens with one attached hydrogen (secondary N) is 1. The molecule has 0 saturated carbocycles. The number of aryl methyl sites for hydroxylation is 1.